The molecule has 1 aromatic rings. The van der Waals surface area contributed by atoms with E-state index in [2.05, 4.69) is 28.6 Å². The maximum absolute atomic E-state index is 13.0. The number of thiol groups is 1. The molecule has 0 aliphatic rings. The Morgan fingerprint density at radius 2 is 1.51 bits per heavy atom. The van der Waals surface area contributed by atoms with Crippen molar-refractivity contribution in [3.8, 4) is 5.75 Å². The van der Waals surface area contributed by atoms with Gasteiger partial charge < -0.3 is 37.6 Å². The Labute approximate surface area is 210 Å². The zero-order valence-corrected chi connectivity index (χ0v) is 21.0. The van der Waals surface area contributed by atoms with Gasteiger partial charge in [-0.1, -0.05) is 26.0 Å². The summed E-state index contributed by atoms with van der Waals surface area (Å²) in [6.07, 6.45) is 1.64. The normalized spacial score (nSPS) is 14.5. The van der Waals surface area contributed by atoms with Crippen LogP contribution in [0.15, 0.2) is 24.3 Å². The number of amides is 3. The van der Waals surface area contributed by atoms with E-state index in [0.717, 1.165) is 5.56 Å². The van der Waals surface area contributed by atoms with Gasteiger partial charge in [-0.2, -0.15) is 12.6 Å². The molecule has 0 heterocycles. The summed E-state index contributed by atoms with van der Waals surface area (Å²) in [5.41, 5.74) is 12.3. The monoisotopic (exact) mass is 511 g/mol. The molecule has 12 heteroatoms. The van der Waals surface area contributed by atoms with Crippen LogP contribution in [-0.2, 0) is 25.6 Å². The zero-order chi connectivity index (χ0) is 26.5. The molecule has 0 spiro atoms. The van der Waals surface area contributed by atoms with Gasteiger partial charge in [0.2, 0.25) is 17.7 Å². The smallest absolute Gasteiger partial charge is 0.326 e. The van der Waals surface area contributed by atoms with Crippen molar-refractivity contribution >= 4 is 36.3 Å². The third-order valence-corrected chi connectivity index (χ3v) is 5.72. The maximum Gasteiger partial charge on any atom is 0.326 e. The first kappa shape index (κ1) is 30.2. The van der Waals surface area contributed by atoms with Crippen LogP contribution < -0.4 is 27.4 Å². The zero-order valence-electron chi connectivity index (χ0n) is 20.1. The van der Waals surface area contributed by atoms with E-state index in [1.807, 2.05) is 0 Å². The lowest BCUT2D eigenvalue weighted by Crippen LogP contribution is -2.58. The van der Waals surface area contributed by atoms with Crippen molar-refractivity contribution in [1.29, 1.82) is 0 Å². The molecular weight excluding hydrogens is 474 g/mol. The van der Waals surface area contributed by atoms with Crippen LogP contribution in [0, 0.1) is 5.92 Å². The standard InChI is InChI=1S/C23H37N5O6S/c1-13(2)19(23(33)34)28-22(32)18(12-35)27-21(31)17(5-3-4-10-24)26-20(30)16(25)11-14-6-8-15(29)9-7-14/h6-9,13,16-19,29,35H,3-5,10-12,24-25H2,1-2H3,(H,26,30)(H,27,31)(H,28,32)(H,33,34). The van der Waals surface area contributed by atoms with E-state index < -0.39 is 47.9 Å². The van der Waals surface area contributed by atoms with Gasteiger partial charge in [0.25, 0.3) is 0 Å². The van der Waals surface area contributed by atoms with Crippen molar-refractivity contribution in [1.82, 2.24) is 16.0 Å². The molecule has 0 saturated carbocycles. The van der Waals surface area contributed by atoms with E-state index in [4.69, 9.17) is 11.5 Å². The number of carboxylic acid groups (broad SMARTS) is 1. The number of aliphatic carboxylic acids is 1. The number of aromatic hydroxyl groups is 1. The first-order valence-electron chi connectivity index (χ1n) is 11.5. The summed E-state index contributed by atoms with van der Waals surface area (Å²) in [5.74, 6) is -3.40. The van der Waals surface area contributed by atoms with E-state index in [-0.39, 0.29) is 30.3 Å². The van der Waals surface area contributed by atoms with Crippen molar-refractivity contribution in [3.63, 3.8) is 0 Å². The third-order valence-electron chi connectivity index (χ3n) is 5.35. The van der Waals surface area contributed by atoms with Gasteiger partial charge in [-0.3, -0.25) is 14.4 Å². The van der Waals surface area contributed by atoms with Crippen molar-refractivity contribution in [3.05, 3.63) is 29.8 Å². The lowest BCUT2D eigenvalue weighted by atomic mass is 10.0. The Bertz CT molecular complexity index is 851. The summed E-state index contributed by atoms with van der Waals surface area (Å²) in [4.78, 5) is 49.6. The van der Waals surface area contributed by atoms with Gasteiger partial charge in [0, 0.05) is 5.75 Å². The molecule has 0 aromatic heterocycles. The number of rotatable bonds is 15. The van der Waals surface area contributed by atoms with Crippen molar-refractivity contribution in [2.45, 2.75) is 63.7 Å². The molecule has 4 unspecified atom stereocenters. The van der Waals surface area contributed by atoms with Crippen LogP contribution in [-0.4, -0.2) is 70.4 Å². The topological polar surface area (TPSA) is 197 Å². The molecule has 0 radical (unpaired) electrons. The number of carboxylic acids is 1. The van der Waals surface area contributed by atoms with Crippen LogP contribution in [0.5, 0.6) is 5.75 Å². The molecule has 0 aliphatic carbocycles. The molecule has 0 aliphatic heterocycles. The molecule has 0 saturated heterocycles. The van der Waals surface area contributed by atoms with Crippen LogP contribution in [0.1, 0.15) is 38.7 Å². The summed E-state index contributed by atoms with van der Waals surface area (Å²) in [6.45, 7) is 3.71. The first-order valence-corrected chi connectivity index (χ1v) is 12.1. The van der Waals surface area contributed by atoms with Gasteiger partial charge in [-0.15, -0.1) is 0 Å². The van der Waals surface area contributed by atoms with Crippen LogP contribution in [0.4, 0.5) is 0 Å². The fourth-order valence-corrected chi connectivity index (χ4v) is 3.51. The maximum atomic E-state index is 13.0. The largest absolute Gasteiger partial charge is 0.508 e. The van der Waals surface area contributed by atoms with Gasteiger partial charge in [0.05, 0.1) is 6.04 Å². The molecule has 1 aromatic carbocycles. The fourth-order valence-electron chi connectivity index (χ4n) is 3.25. The molecule has 196 valence electrons. The van der Waals surface area contributed by atoms with Gasteiger partial charge in [0.15, 0.2) is 0 Å². The second-order valence-corrected chi connectivity index (χ2v) is 9.00. The number of hydrogen-bond donors (Lipinski definition) is 8. The highest BCUT2D eigenvalue weighted by molar-refractivity contribution is 7.80. The molecule has 1 rings (SSSR count). The second-order valence-electron chi connectivity index (χ2n) is 8.63. The van der Waals surface area contributed by atoms with E-state index in [0.29, 0.717) is 19.4 Å². The lowest BCUT2D eigenvalue weighted by molar-refractivity contribution is -0.143. The Hall–Kier alpha value is -2.83. The molecule has 35 heavy (non-hydrogen) atoms. The van der Waals surface area contributed by atoms with Crippen molar-refractivity contribution in [2.75, 3.05) is 12.3 Å². The fraction of sp³-hybridized carbons (Fsp3) is 0.565. The van der Waals surface area contributed by atoms with E-state index in [1.54, 1.807) is 26.0 Å². The van der Waals surface area contributed by atoms with Crippen LogP contribution >= 0.6 is 12.6 Å². The first-order chi connectivity index (χ1) is 16.5. The van der Waals surface area contributed by atoms with Gasteiger partial charge in [-0.25, -0.2) is 4.79 Å². The van der Waals surface area contributed by atoms with Crippen molar-refractivity contribution < 1.29 is 29.4 Å². The average molecular weight is 512 g/mol. The summed E-state index contributed by atoms with van der Waals surface area (Å²) in [7, 11) is 0. The highest BCUT2D eigenvalue weighted by Crippen LogP contribution is 2.11. The molecule has 9 N–H and O–H groups in total. The Morgan fingerprint density at radius 3 is 2.03 bits per heavy atom. The SMILES string of the molecule is CC(C)C(NC(=O)C(CS)NC(=O)C(CCCCN)NC(=O)C(N)Cc1ccc(O)cc1)C(=O)O. The number of phenolic OH excluding ortho intramolecular Hbond substituents is 1. The number of benzene rings is 1. The number of phenols is 1. The lowest BCUT2D eigenvalue weighted by Gasteiger charge is -2.25. The summed E-state index contributed by atoms with van der Waals surface area (Å²) in [5, 5.41) is 26.3. The number of unbranched alkanes of at least 4 members (excludes halogenated alkanes) is 1. The predicted molar refractivity (Wildman–Crippen MR) is 135 cm³/mol. The number of nitrogens with one attached hydrogen (secondary N) is 3. The van der Waals surface area contributed by atoms with E-state index in [1.165, 1.54) is 12.1 Å². The molecule has 0 fully saturated rings. The quantitative estimate of drug-likeness (QED) is 0.114. The number of nitrogens with two attached hydrogens (primary N) is 2. The highest BCUT2D eigenvalue weighted by Gasteiger charge is 2.30. The van der Waals surface area contributed by atoms with Crippen molar-refractivity contribution in [2.24, 2.45) is 17.4 Å². The minimum absolute atomic E-state index is 0.0775. The molecule has 4 atom stereocenters. The van der Waals surface area contributed by atoms with Crippen LogP contribution in [0.3, 0.4) is 0 Å². The minimum atomic E-state index is -1.19. The Balaban J connectivity index is 2.86. The summed E-state index contributed by atoms with van der Waals surface area (Å²) >= 11 is 4.11. The molecule has 11 nitrogen and oxygen atoms in total. The van der Waals surface area contributed by atoms with E-state index in [9.17, 15) is 29.4 Å². The van der Waals surface area contributed by atoms with Crippen LogP contribution in [0.2, 0.25) is 0 Å². The van der Waals surface area contributed by atoms with Gasteiger partial charge in [-0.05, 0) is 55.8 Å². The Morgan fingerprint density at radius 1 is 0.943 bits per heavy atom. The molecule has 0 bridgehead atoms. The predicted octanol–water partition coefficient (Wildman–Crippen LogP) is -0.484. The molecular formula is C23H37N5O6S. The summed E-state index contributed by atoms with van der Waals surface area (Å²) < 4.78 is 0. The average Bonchev–Trinajstić information content (AvgIpc) is 2.80. The van der Waals surface area contributed by atoms with Crippen LogP contribution in [0.25, 0.3) is 0 Å². The third kappa shape index (κ3) is 10.5. The highest BCUT2D eigenvalue weighted by atomic mass is 32.1. The number of hydrogen-bond acceptors (Lipinski definition) is 8. The summed E-state index contributed by atoms with van der Waals surface area (Å²) in [6, 6.07) is 2.10. The number of carbonyl (C=O) groups excluding carboxylic acids is 3. The Kier molecular flexibility index (Phi) is 13.1. The molecule has 3 amide bonds. The second kappa shape index (κ2) is 15.2. The van der Waals surface area contributed by atoms with Gasteiger partial charge in [0.1, 0.15) is 23.9 Å². The van der Waals surface area contributed by atoms with E-state index >= 15 is 0 Å². The minimum Gasteiger partial charge on any atom is -0.508 e. The van der Waals surface area contributed by atoms with Gasteiger partial charge >= 0.3 is 5.97 Å². The number of carbonyl (C=O) groups is 4.